The van der Waals surface area contributed by atoms with Crippen LogP contribution in [0.2, 0.25) is 0 Å². The molecule has 1 aromatic carbocycles. The van der Waals surface area contributed by atoms with Gasteiger partial charge in [0.25, 0.3) is 11.6 Å². The summed E-state index contributed by atoms with van der Waals surface area (Å²) in [6.07, 6.45) is 0.639. The van der Waals surface area contributed by atoms with Crippen molar-refractivity contribution in [1.82, 2.24) is 4.90 Å². The number of halogens is 2. The molecule has 1 unspecified atom stereocenters. The molecule has 1 atom stereocenters. The molecule has 0 spiro atoms. The molecule has 0 aromatic heterocycles. The van der Waals surface area contributed by atoms with Gasteiger partial charge in [-0.1, -0.05) is 6.92 Å². The Morgan fingerprint density at radius 2 is 1.95 bits per heavy atom. The van der Waals surface area contributed by atoms with Crippen LogP contribution in [0.1, 0.15) is 30.6 Å². The molecule has 1 rings (SSSR count). The van der Waals surface area contributed by atoms with E-state index in [1.54, 1.807) is 6.92 Å². The standard InChI is InChI=1S/C12H14F2N2O3/c1-4-7(2)15(3)12(17)8-5-9(13)10(14)6-11(8)16(18)19/h5-7H,4H2,1-3H3. The van der Waals surface area contributed by atoms with Gasteiger partial charge in [0, 0.05) is 13.1 Å². The van der Waals surface area contributed by atoms with Crippen LogP contribution in [0.3, 0.4) is 0 Å². The molecular weight excluding hydrogens is 258 g/mol. The van der Waals surface area contributed by atoms with Crippen molar-refractivity contribution < 1.29 is 18.5 Å². The summed E-state index contributed by atoms with van der Waals surface area (Å²) in [6, 6.07) is 0.821. The Kier molecular flexibility index (Phi) is 4.52. The number of nitro groups is 1. The summed E-state index contributed by atoms with van der Waals surface area (Å²) >= 11 is 0. The van der Waals surface area contributed by atoms with Gasteiger partial charge in [-0.15, -0.1) is 0 Å². The van der Waals surface area contributed by atoms with Crippen molar-refractivity contribution >= 4 is 11.6 Å². The van der Waals surface area contributed by atoms with Crippen LogP contribution in [0.5, 0.6) is 0 Å². The number of rotatable bonds is 4. The average molecular weight is 272 g/mol. The van der Waals surface area contributed by atoms with Gasteiger partial charge in [0.15, 0.2) is 11.6 Å². The topological polar surface area (TPSA) is 63.5 Å². The van der Waals surface area contributed by atoms with Crippen molar-refractivity contribution in [2.45, 2.75) is 26.3 Å². The molecule has 7 heteroatoms. The molecule has 104 valence electrons. The van der Waals surface area contributed by atoms with Crippen LogP contribution in [0.25, 0.3) is 0 Å². The maximum Gasteiger partial charge on any atom is 0.285 e. The molecule has 0 aliphatic carbocycles. The summed E-state index contributed by atoms with van der Waals surface area (Å²) in [6.45, 7) is 3.59. The van der Waals surface area contributed by atoms with Gasteiger partial charge < -0.3 is 4.90 Å². The van der Waals surface area contributed by atoms with E-state index in [1.807, 2.05) is 6.92 Å². The predicted molar refractivity (Wildman–Crippen MR) is 64.9 cm³/mol. The minimum absolute atomic E-state index is 0.166. The van der Waals surface area contributed by atoms with Crippen LogP contribution < -0.4 is 0 Å². The molecule has 5 nitrogen and oxygen atoms in total. The van der Waals surface area contributed by atoms with Gasteiger partial charge in [-0.3, -0.25) is 14.9 Å². The lowest BCUT2D eigenvalue weighted by Gasteiger charge is -2.23. The second-order valence-electron chi connectivity index (χ2n) is 4.21. The van der Waals surface area contributed by atoms with Gasteiger partial charge >= 0.3 is 0 Å². The van der Waals surface area contributed by atoms with E-state index in [0.29, 0.717) is 18.6 Å². The van der Waals surface area contributed by atoms with E-state index >= 15 is 0 Å². The molecule has 0 N–H and O–H groups in total. The van der Waals surface area contributed by atoms with E-state index in [0.717, 1.165) is 0 Å². The molecule has 0 aliphatic heterocycles. The fourth-order valence-electron chi connectivity index (χ4n) is 1.52. The smallest absolute Gasteiger partial charge is 0.285 e. The Morgan fingerprint density at radius 1 is 1.42 bits per heavy atom. The molecule has 0 saturated heterocycles. The molecule has 0 radical (unpaired) electrons. The van der Waals surface area contributed by atoms with Crippen LogP contribution in [-0.2, 0) is 0 Å². The first-order chi connectivity index (χ1) is 8.79. The monoisotopic (exact) mass is 272 g/mol. The van der Waals surface area contributed by atoms with Crippen LogP contribution in [0.15, 0.2) is 12.1 Å². The third kappa shape index (κ3) is 3.04. The van der Waals surface area contributed by atoms with E-state index in [2.05, 4.69) is 0 Å². The minimum Gasteiger partial charge on any atom is -0.339 e. The van der Waals surface area contributed by atoms with Gasteiger partial charge in [0.05, 0.1) is 11.0 Å². The minimum atomic E-state index is -1.35. The van der Waals surface area contributed by atoms with Crippen molar-refractivity contribution in [3.8, 4) is 0 Å². The zero-order valence-corrected chi connectivity index (χ0v) is 10.8. The van der Waals surface area contributed by atoms with Crippen molar-refractivity contribution in [3.63, 3.8) is 0 Å². The lowest BCUT2D eigenvalue weighted by molar-refractivity contribution is -0.385. The Labute approximate surface area is 109 Å². The van der Waals surface area contributed by atoms with E-state index < -0.39 is 33.7 Å². The van der Waals surface area contributed by atoms with Gasteiger partial charge in [0.1, 0.15) is 5.56 Å². The summed E-state index contributed by atoms with van der Waals surface area (Å²) in [5, 5.41) is 10.8. The molecule has 0 heterocycles. The summed E-state index contributed by atoms with van der Waals surface area (Å²) in [5.74, 6) is -3.35. The van der Waals surface area contributed by atoms with Crippen LogP contribution in [0.4, 0.5) is 14.5 Å². The first kappa shape index (κ1) is 15.0. The molecule has 0 fully saturated rings. The highest BCUT2D eigenvalue weighted by Crippen LogP contribution is 2.24. The number of nitrogens with zero attached hydrogens (tertiary/aromatic N) is 2. The first-order valence-corrected chi connectivity index (χ1v) is 5.70. The largest absolute Gasteiger partial charge is 0.339 e. The number of amides is 1. The summed E-state index contributed by atoms with van der Waals surface area (Å²) in [5.41, 5.74) is -1.19. The zero-order valence-electron chi connectivity index (χ0n) is 10.8. The van der Waals surface area contributed by atoms with Gasteiger partial charge in [0.2, 0.25) is 0 Å². The molecular formula is C12H14F2N2O3. The number of carbonyl (C=O) groups excluding carboxylic acids is 1. The van der Waals surface area contributed by atoms with Crippen molar-refractivity contribution in [3.05, 3.63) is 39.4 Å². The first-order valence-electron chi connectivity index (χ1n) is 5.70. The Hall–Kier alpha value is -2.05. The Bertz CT molecular complexity index is 520. The number of carbonyl (C=O) groups is 1. The lowest BCUT2D eigenvalue weighted by Crippen LogP contribution is -2.35. The highest BCUT2D eigenvalue weighted by Gasteiger charge is 2.27. The number of benzene rings is 1. The van der Waals surface area contributed by atoms with Gasteiger partial charge in [-0.25, -0.2) is 8.78 Å². The van der Waals surface area contributed by atoms with Gasteiger partial charge in [-0.05, 0) is 19.4 Å². The van der Waals surface area contributed by atoms with E-state index in [1.165, 1.54) is 11.9 Å². The second kappa shape index (κ2) is 5.73. The summed E-state index contributed by atoms with van der Waals surface area (Å²) in [7, 11) is 1.46. The highest BCUT2D eigenvalue weighted by atomic mass is 19.2. The normalized spacial score (nSPS) is 12.1. The zero-order chi connectivity index (χ0) is 14.7. The predicted octanol–water partition coefficient (Wildman–Crippen LogP) is 2.74. The van der Waals surface area contributed by atoms with Gasteiger partial charge in [-0.2, -0.15) is 0 Å². The average Bonchev–Trinajstić information content (AvgIpc) is 2.38. The van der Waals surface area contributed by atoms with Crippen LogP contribution >= 0.6 is 0 Å². The molecule has 0 aliphatic rings. The molecule has 0 bridgehead atoms. The molecule has 1 aromatic rings. The highest BCUT2D eigenvalue weighted by molar-refractivity contribution is 5.98. The number of hydrogen-bond donors (Lipinski definition) is 0. The van der Waals surface area contributed by atoms with E-state index in [-0.39, 0.29) is 6.04 Å². The quantitative estimate of drug-likeness (QED) is 0.625. The molecule has 0 saturated carbocycles. The van der Waals surface area contributed by atoms with Crippen molar-refractivity contribution in [2.24, 2.45) is 0 Å². The third-order valence-corrected chi connectivity index (χ3v) is 3.04. The number of nitro benzene ring substituents is 1. The van der Waals surface area contributed by atoms with Crippen molar-refractivity contribution in [2.75, 3.05) is 7.05 Å². The fraction of sp³-hybridized carbons (Fsp3) is 0.417. The Balaban J connectivity index is 3.29. The van der Waals surface area contributed by atoms with Crippen LogP contribution in [0, 0.1) is 21.7 Å². The Morgan fingerprint density at radius 3 is 2.42 bits per heavy atom. The van der Waals surface area contributed by atoms with Crippen molar-refractivity contribution in [1.29, 1.82) is 0 Å². The lowest BCUT2D eigenvalue weighted by atomic mass is 10.1. The van der Waals surface area contributed by atoms with Crippen LogP contribution in [-0.4, -0.2) is 28.8 Å². The van der Waals surface area contributed by atoms with E-state index in [9.17, 15) is 23.7 Å². The molecule has 19 heavy (non-hydrogen) atoms. The molecule has 1 amide bonds. The second-order valence-corrected chi connectivity index (χ2v) is 4.21. The number of hydrogen-bond acceptors (Lipinski definition) is 3. The summed E-state index contributed by atoms with van der Waals surface area (Å²) in [4.78, 5) is 23.2. The maximum absolute atomic E-state index is 13.2. The fourth-order valence-corrected chi connectivity index (χ4v) is 1.52. The third-order valence-electron chi connectivity index (χ3n) is 3.04. The summed E-state index contributed by atoms with van der Waals surface area (Å²) < 4.78 is 26.2. The maximum atomic E-state index is 13.2. The van der Waals surface area contributed by atoms with E-state index in [4.69, 9.17) is 0 Å². The SMILES string of the molecule is CCC(C)N(C)C(=O)c1cc(F)c(F)cc1[N+](=O)[O-].